The van der Waals surface area contributed by atoms with E-state index in [0.717, 1.165) is 43.4 Å². The normalized spacial score (nSPS) is 25.3. The molecule has 0 aliphatic carbocycles. The van der Waals surface area contributed by atoms with Gasteiger partial charge >= 0.3 is 0 Å². The minimum atomic E-state index is -0.208. The van der Waals surface area contributed by atoms with Crippen LogP contribution in [0, 0.1) is 11.7 Å². The van der Waals surface area contributed by atoms with E-state index in [-0.39, 0.29) is 5.82 Å². The zero-order valence-corrected chi connectivity index (χ0v) is 12.6. The lowest BCUT2D eigenvalue weighted by molar-refractivity contribution is 0.126. The Balaban J connectivity index is 1.56. The molecule has 1 aromatic heterocycles. The highest BCUT2D eigenvalue weighted by Crippen LogP contribution is 2.28. The third kappa shape index (κ3) is 2.66. The Labute approximate surface area is 129 Å². The van der Waals surface area contributed by atoms with E-state index < -0.39 is 0 Å². The molecule has 3 aliphatic rings. The van der Waals surface area contributed by atoms with Gasteiger partial charge in [0.25, 0.3) is 0 Å². The minimum absolute atomic E-state index is 0.208. The molecular weight excluding hydrogens is 279 g/mol. The van der Waals surface area contributed by atoms with E-state index in [2.05, 4.69) is 20.4 Å². The maximum Gasteiger partial charge on any atom is 0.123 e. The third-order valence-corrected chi connectivity index (χ3v) is 4.95. The molecule has 0 amide bonds. The number of hydrogen-bond donors (Lipinski definition) is 2. The molecule has 2 aromatic rings. The molecule has 4 heterocycles. The van der Waals surface area contributed by atoms with Crippen LogP contribution < -0.4 is 5.32 Å². The molecule has 116 valence electrons. The minimum Gasteiger partial charge on any atom is -0.315 e. The first kappa shape index (κ1) is 13.9. The van der Waals surface area contributed by atoms with E-state index in [9.17, 15) is 4.39 Å². The summed E-state index contributed by atoms with van der Waals surface area (Å²) in [5.41, 5.74) is 3.19. The Morgan fingerprint density at radius 3 is 2.91 bits per heavy atom. The maximum atomic E-state index is 13.1. The number of hydrogen-bond acceptors (Lipinski definition) is 3. The van der Waals surface area contributed by atoms with E-state index in [0.29, 0.717) is 6.04 Å². The molecule has 0 saturated carbocycles. The van der Waals surface area contributed by atoms with Crippen molar-refractivity contribution in [2.75, 3.05) is 19.6 Å². The van der Waals surface area contributed by atoms with Crippen molar-refractivity contribution in [2.24, 2.45) is 5.92 Å². The largest absolute Gasteiger partial charge is 0.315 e. The predicted octanol–water partition coefficient (Wildman–Crippen LogP) is 2.40. The lowest BCUT2D eigenvalue weighted by Gasteiger charge is -2.36. The molecule has 2 bridgehead atoms. The highest BCUT2D eigenvalue weighted by Gasteiger charge is 2.31. The average Bonchev–Trinajstić information content (AvgIpc) is 2.76. The Bertz CT molecular complexity index is 632. The number of nitrogens with one attached hydrogen (secondary N) is 2. The standard InChI is InChI=1S/C17H21FN4/c18-15-4-2-13(3-5-15)17-14(8-20-21-17)11-22-10-12-1-6-16(22)9-19-7-12/h2-5,8,12,16,19H,1,6-7,9-11H2,(H,20,21)/t12-,16+/m0/s1. The van der Waals surface area contributed by atoms with Gasteiger partial charge in [0.2, 0.25) is 0 Å². The first-order chi connectivity index (χ1) is 10.8. The summed E-state index contributed by atoms with van der Waals surface area (Å²) < 4.78 is 13.1. The second-order valence-electron chi connectivity index (χ2n) is 6.46. The lowest BCUT2D eigenvalue weighted by atomic mass is 9.94. The van der Waals surface area contributed by atoms with Crippen LogP contribution in [0.25, 0.3) is 11.3 Å². The monoisotopic (exact) mass is 300 g/mol. The summed E-state index contributed by atoms with van der Waals surface area (Å²) in [4.78, 5) is 2.58. The fourth-order valence-corrected chi connectivity index (χ4v) is 3.74. The highest BCUT2D eigenvalue weighted by molar-refractivity contribution is 5.62. The Kier molecular flexibility index (Phi) is 3.68. The van der Waals surface area contributed by atoms with Crippen molar-refractivity contribution in [3.63, 3.8) is 0 Å². The molecule has 3 saturated heterocycles. The van der Waals surface area contributed by atoms with E-state index in [1.165, 1.54) is 30.5 Å². The van der Waals surface area contributed by atoms with Gasteiger partial charge in [0.1, 0.15) is 5.82 Å². The van der Waals surface area contributed by atoms with Crippen molar-refractivity contribution < 1.29 is 4.39 Å². The van der Waals surface area contributed by atoms with Gasteiger partial charge in [-0.2, -0.15) is 5.10 Å². The van der Waals surface area contributed by atoms with Crippen molar-refractivity contribution in [1.29, 1.82) is 0 Å². The third-order valence-electron chi connectivity index (χ3n) is 4.95. The Morgan fingerprint density at radius 1 is 1.18 bits per heavy atom. The van der Waals surface area contributed by atoms with Gasteiger partial charge in [-0.05, 0) is 49.6 Å². The molecular formula is C17H21FN4. The smallest absolute Gasteiger partial charge is 0.123 e. The van der Waals surface area contributed by atoms with Gasteiger partial charge in [-0.1, -0.05) is 0 Å². The number of fused-ring (bicyclic) bond motifs is 4. The maximum absolute atomic E-state index is 13.1. The summed E-state index contributed by atoms with van der Waals surface area (Å²) in [6.07, 6.45) is 4.52. The Hall–Kier alpha value is -1.72. The SMILES string of the molecule is Fc1ccc(-c2[nH]ncc2CN2C[C@H]3CC[C@@H]2CNC3)cc1. The number of H-pyrrole nitrogens is 1. The summed E-state index contributed by atoms with van der Waals surface area (Å²) in [5.74, 6) is 0.556. The first-order valence-corrected chi connectivity index (χ1v) is 8.02. The molecule has 3 aliphatic heterocycles. The summed E-state index contributed by atoms with van der Waals surface area (Å²) >= 11 is 0. The van der Waals surface area contributed by atoms with E-state index in [4.69, 9.17) is 0 Å². The van der Waals surface area contributed by atoms with Crippen LogP contribution in [0.4, 0.5) is 4.39 Å². The zero-order chi connectivity index (χ0) is 14.9. The summed E-state index contributed by atoms with van der Waals surface area (Å²) in [6.45, 7) is 4.29. The number of aromatic nitrogens is 2. The van der Waals surface area contributed by atoms with Crippen molar-refractivity contribution in [2.45, 2.75) is 25.4 Å². The van der Waals surface area contributed by atoms with Gasteiger partial charge < -0.3 is 5.32 Å². The number of aromatic amines is 1. The number of nitrogens with zero attached hydrogens (tertiary/aromatic N) is 2. The van der Waals surface area contributed by atoms with Crippen LogP contribution in [-0.2, 0) is 6.54 Å². The van der Waals surface area contributed by atoms with Crippen LogP contribution in [0.1, 0.15) is 18.4 Å². The number of halogens is 1. The molecule has 1 aromatic carbocycles. The van der Waals surface area contributed by atoms with E-state index in [1.807, 2.05) is 18.3 Å². The van der Waals surface area contributed by atoms with E-state index in [1.54, 1.807) is 0 Å². The molecule has 22 heavy (non-hydrogen) atoms. The Morgan fingerprint density at radius 2 is 2.05 bits per heavy atom. The van der Waals surface area contributed by atoms with Gasteiger partial charge in [0, 0.05) is 36.8 Å². The predicted molar refractivity (Wildman–Crippen MR) is 83.8 cm³/mol. The van der Waals surface area contributed by atoms with Crippen molar-refractivity contribution in [3.8, 4) is 11.3 Å². The molecule has 5 rings (SSSR count). The number of piperidine rings is 1. The second-order valence-corrected chi connectivity index (χ2v) is 6.46. The molecule has 2 N–H and O–H groups in total. The second kappa shape index (κ2) is 5.82. The number of benzene rings is 1. The summed E-state index contributed by atoms with van der Waals surface area (Å²) in [7, 11) is 0. The molecule has 4 nitrogen and oxygen atoms in total. The van der Waals surface area contributed by atoms with Gasteiger partial charge in [0.05, 0.1) is 11.9 Å². The van der Waals surface area contributed by atoms with Gasteiger partial charge in [-0.25, -0.2) is 4.39 Å². The van der Waals surface area contributed by atoms with Crippen molar-refractivity contribution >= 4 is 0 Å². The summed E-state index contributed by atoms with van der Waals surface area (Å²) in [5, 5.41) is 10.9. The first-order valence-electron chi connectivity index (χ1n) is 8.02. The van der Waals surface area contributed by atoms with Crippen LogP contribution in [0.15, 0.2) is 30.5 Å². The molecule has 3 fully saturated rings. The van der Waals surface area contributed by atoms with Gasteiger partial charge in [-0.15, -0.1) is 0 Å². The molecule has 0 spiro atoms. The van der Waals surface area contributed by atoms with Crippen molar-refractivity contribution in [3.05, 3.63) is 41.8 Å². The number of rotatable bonds is 3. The van der Waals surface area contributed by atoms with Crippen LogP contribution in [0.3, 0.4) is 0 Å². The fourth-order valence-electron chi connectivity index (χ4n) is 3.74. The fraction of sp³-hybridized carbons (Fsp3) is 0.471. The molecule has 0 unspecified atom stereocenters. The zero-order valence-electron chi connectivity index (χ0n) is 12.6. The van der Waals surface area contributed by atoms with Crippen LogP contribution >= 0.6 is 0 Å². The van der Waals surface area contributed by atoms with Gasteiger partial charge in [-0.3, -0.25) is 10.00 Å². The van der Waals surface area contributed by atoms with Crippen LogP contribution in [0.5, 0.6) is 0 Å². The van der Waals surface area contributed by atoms with Crippen LogP contribution in [0.2, 0.25) is 0 Å². The lowest BCUT2D eigenvalue weighted by Crippen LogP contribution is -2.43. The topological polar surface area (TPSA) is 44.0 Å². The van der Waals surface area contributed by atoms with Crippen molar-refractivity contribution in [1.82, 2.24) is 20.4 Å². The summed E-state index contributed by atoms with van der Waals surface area (Å²) in [6, 6.07) is 7.23. The highest BCUT2D eigenvalue weighted by atomic mass is 19.1. The quantitative estimate of drug-likeness (QED) is 0.915. The molecule has 0 radical (unpaired) electrons. The molecule has 2 atom stereocenters. The van der Waals surface area contributed by atoms with E-state index >= 15 is 0 Å². The molecule has 5 heteroatoms. The van der Waals surface area contributed by atoms with Crippen LogP contribution in [-0.4, -0.2) is 40.8 Å². The average molecular weight is 300 g/mol. The van der Waals surface area contributed by atoms with Gasteiger partial charge in [0.15, 0.2) is 0 Å².